The molecule has 1 aromatic carbocycles. The van der Waals surface area contributed by atoms with Gasteiger partial charge in [0.15, 0.2) is 0 Å². The molecule has 3 atom stereocenters. The Morgan fingerprint density at radius 1 is 1.26 bits per heavy atom. The second-order valence-corrected chi connectivity index (χ2v) is 9.81. The predicted molar refractivity (Wildman–Crippen MR) is 122 cm³/mol. The van der Waals surface area contributed by atoms with Gasteiger partial charge in [0.05, 0.1) is 11.3 Å². The highest BCUT2D eigenvalue weighted by molar-refractivity contribution is 5.42. The number of likely N-dealkylation sites (tertiary alicyclic amines) is 1. The number of aromatic hydroxyl groups is 2. The number of phenolic OH excluding ortho intramolecular Hbond substituents is 1. The molecule has 2 heterocycles. The van der Waals surface area contributed by atoms with Gasteiger partial charge in [-0.25, -0.2) is 4.79 Å². The van der Waals surface area contributed by atoms with Crippen LogP contribution in [-0.4, -0.2) is 54.9 Å². The quantitative estimate of drug-likeness (QED) is 0.462. The van der Waals surface area contributed by atoms with E-state index in [9.17, 15) is 20.1 Å². The van der Waals surface area contributed by atoms with Crippen molar-refractivity contribution in [2.24, 2.45) is 5.92 Å². The van der Waals surface area contributed by atoms with Gasteiger partial charge in [0, 0.05) is 11.5 Å². The number of aromatic amines is 2. The van der Waals surface area contributed by atoms with Crippen LogP contribution in [0.5, 0.6) is 11.6 Å². The summed E-state index contributed by atoms with van der Waals surface area (Å²) < 4.78 is 0. The fraction of sp³-hybridized carbons (Fsp3) is 0.625. The maximum atomic E-state index is 12.3. The number of imidazole rings is 1. The number of phenols is 1. The predicted octanol–water partition coefficient (Wildman–Crippen LogP) is 3.18. The number of rotatable bonds is 7. The number of benzene rings is 1. The topological polar surface area (TPSA) is 113 Å². The molecule has 0 radical (unpaired) electrons. The molecule has 31 heavy (non-hydrogen) atoms. The van der Waals surface area contributed by atoms with Crippen molar-refractivity contribution < 1.29 is 15.3 Å². The molecule has 3 unspecified atom stereocenters. The summed E-state index contributed by atoms with van der Waals surface area (Å²) in [5.74, 6) is 0.583. The Morgan fingerprint density at radius 3 is 2.58 bits per heavy atom. The highest BCUT2D eigenvalue weighted by Crippen LogP contribution is 2.49. The molecule has 0 bridgehead atoms. The summed E-state index contributed by atoms with van der Waals surface area (Å²) in [6.07, 6.45) is 2.48. The van der Waals surface area contributed by atoms with E-state index in [1.54, 1.807) is 12.1 Å². The largest absolute Gasteiger partial charge is 0.508 e. The molecule has 172 valence electrons. The molecule has 7 nitrogen and oxygen atoms in total. The van der Waals surface area contributed by atoms with Gasteiger partial charge in [-0.3, -0.25) is 9.88 Å². The molecule has 0 aliphatic carbocycles. The Balaban J connectivity index is 2.01. The lowest BCUT2D eigenvalue weighted by Gasteiger charge is -2.57. The van der Waals surface area contributed by atoms with Crippen molar-refractivity contribution in [3.8, 4) is 11.6 Å². The van der Waals surface area contributed by atoms with Gasteiger partial charge < -0.3 is 20.3 Å². The van der Waals surface area contributed by atoms with Crippen LogP contribution in [0.25, 0.3) is 0 Å². The minimum Gasteiger partial charge on any atom is -0.508 e. The number of H-pyrrole nitrogens is 2. The van der Waals surface area contributed by atoms with Crippen LogP contribution < -0.4 is 5.69 Å². The first-order chi connectivity index (χ1) is 14.5. The Bertz CT molecular complexity index is 966. The van der Waals surface area contributed by atoms with Crippen molar-refractivity contribution in [3.63, 3.8) is 0 Å². The number of nitrogens with zero attached hydrogens (tertiary/aromatic N) is 1. The van der Waals surface area contributed by atoms with Gasteiger partial charge in [0.25, 0.3) is 0 Å². The summed E-state index contributed by atoms with van der Waals surface area (Å²) in [6.45, 7) is 12.3. The number of hydrogen-bond acceptors (Lipinski definition) is 5. The number of hydrogen-bond donors (Lipinski definition) is 5. The molecule has 3 rings (SSSR count). The summed E-state index contributed by atoms with van der Waals surface area (Å²) in [5, 5.41) is 32.5. The highest BCUT2D eigenvalue weighted by Gasteiger charge is 2.55. The molecule has 1 saturated heterocycles. The molecule has 5 N–H and O–H groups in total. The minimum absolute atomic E-state index is 0.139. The first kappa shape index (κ1) is 23.4. The van der Waals surface area contributed by atoms with Gasteiger partial charge in [0.1, 0.15) is 5.75 Å². The van der Waals surface area contributed by atoms with Gasteiger partial charge >= 0.3 is 5.69 Å². The minimum atomic E-state index is -1.14. The average molecular weight is 432 g/mol. The molecule has 7 heteroatoms. The first-order valence-electron chi connectivity index (χ1n) is 11.2. The molecule has 0 spiro atoms. The Labute approximate surface area is 184 Å². The number of aliphatic hydroxyl groups is 1. The normalized spacial score (nSPS) is 27.1. The van der Waals surface area contributed by atoms with Crippen LogP contribution in [0.4, 0.5) is 0 Å². The summed E-state index contributed by atoms with van der Waals surface area (Å²) in [5.41, 5.74) is 0.176. The van der Waals surface area contributed by atoms with E-state index in [0.717, 1.165) is 37.1 Å². The van der Waals surface area contributed by atoms with Gasteiger partial charge in [-0.2, -0.15) is 0 Å². The third-order valence-electron chi connectivity index (χ3n) is 7.44. The maximum absolute atomic E-state index is 12.3. The summed E-state index contributed by atoms with van der Waals surface area (Å²) in [7, 11) is 0. The second kappa shape index (κ2) is 8.71. The third-order valence-corrected chi connectivity index (χ3v) is 7.44. The summed E-state index contributed by atoms with van der Waals surface area (Å²) in [4.78, 5) is 18.9. The number of aromatic nitrogens is 2. The number of piperidine rings is 1. The van der Waals surface area contributed by atoms with E-state index in [1.165, 1.54) is 0 Å². The Morgan fingerprint density at radius 2 is 1.97 bits per heavy atom. The molecule has 1 aromatic heterocycles. The molecule has 2 aromatic rings. The van der Waals surface area contributed by atoms with Crippen LogP contribution in [0.2, 0.25) is 0 Å². The molecule has 1 aliphatic rings. The van der Waals surface area contributed by atoms with Crippen molar-refractivity contribution in [3.05, 3.63) is 45.5 Å². The zero-order valence-corrected chi connectivity index (χ0v) is 19.3. The lowest BCUT2D eigenvalue weighted by atomic mass is 9.58. The number of aryl methyl sites for hydroxylation is 2. The van der Waals surface area contributed by atoms with E-state index in [-0.39, 0.29) is 17.7 Å². The third kappa shape index (κ3) is 4.39. The van der Waals surface area contributed by atoms with E-state index in [1.807, 2.05) is 13.0 Å². The fourth-order valence-corrected chi connectivity index (χ4v) is 5.23. The molecule has 1 aliphatic heterocycles. The van der Waals surface area contributed by atoms with Crippen LogP contribution in [0, 0.1) is 12.8 Å². The van der Waals surface area contributed by atoms with Crippen LogP contribution in [0.15, 0.2) is 23.0 Å². The first-order valence-corrected chi connectivity index (χ1v) is 11.2. The summed E-state index contributed by atoms with van der Waals surface area (Å²) in [6, 6.07) is 5.19. The monoisotopic (exact) mass is 431 g/mol. The van der Waals surface area contributed by atoms with Gasteiger partial charge in [-0.1, -0.05) is 26.8 Å². The average Bonchev–Trinajstić information content (AvgIpc) is 3.03. The zero-order chi connectivity index (χ0) is 23.0. The fourth-order valence-electron chi connectivity index (χ4n) is 5.23. The van der Waals surface area contributed by atoms with Crippen molar-refractivity contribution in [2.45, 2.75) is 77.4 Å². The van der Waals surface area contributed by atoms with Crippen molar-refractivity contribution in [2.75, 3.05) is 13.1 Å². The molecule has 0 amide bonds. The smallest absolute Gasteiger partial charge is 0.325 e. The van der Waals surface area contributed by atoms with Crippen molar-refractivity contribution in [1.82, 2.24) is 14.9 Å². The number of nitrogens with one attached hydrogen (secondary N) is 2. The van der Waals surface area contributed by atoms with E-state index in [2.05, 4.69) is 42.6 Å². The lowest BCUT2D eigenvalue weighted by Crippen LogP contribution is -2.67. The SMILES string of the molecule is Cc1ccc(O)cc1C1(C)CCN(CCC(C)C)C(C)C1(O)CCc1[nH]c(=O)[nH]c1O. The van der Waals surface area contributed by atoms with E-state index in [0.29, 0.717) is 24.5 Å². The Hall–Kier alpha value is -2.25. The molecule has 0 saturated carbocycles. The van der Waals surface area contributed by atoms with E-state index >= 15 is 0 Å². The van der Waals surface area contributed by atoms with E-state index < -0.39 is 16.7 Å². The van der Waals surface area contributed by atoms with Crippen LogP contribution in [0.1, 0.15) is 63.8 Å². The van der Waals surface area contributed by atoms with E-state index in [4.69, 9.17) is 0 Å². The summed E-state index contributed by atoms with van der Waals surface area (Å²) >= 11 is 0. The van der Waals surface area contributed by atoms with Crippen molar-refractivity contribution in [1.29, 1.82) is 0 Å². The maximum Gasteiger partial charge on any atom is 0.325 e. The lowest BCUT2D eigenvalue weighted by molar-refractivity contribution is -0.133. The van der Waals surface area contributed by atoms with Crippen molar-refractivity contribution >= 4 is 0 Å². The van der Waals surface area contributed by atoms with Crippen LogP contribution in [-0.2, 0) is 11.8 Å². The standard InChI is InChI=1S/C24H37N3O4/c1-15(2)9-12-27-13-11-23(5,19-14-18(28)7-6-16(19)3)24(31,17(27)4)10-8-20-21(29)26-22(30)25-20/h6-7,14-15,17,28-29,31H,8-13H2,1-5H3,(H2,25,26,30). The Kier molecular flexibility index (Phi) is 6.58. The van der Waals surface area contributed by atoms with Gasteiger partial charge in [0.2, 0.25) is 5.88 Å². The molecular formula is C24H37N3O4. The zero-order valence-electron chi connectivity index (χ0n) is 19.3. The van der Waals surface area contributed by atoms with Gasteiger partial charge in [-0.15, -0.1) is 0 Å². The molecular weight excluding hydrogens is 394 g/mol. The molecule has 1 fully saturated rings. The highest BCUT2D eigenvalue weighted by atomic mass is 16.3. The van der Waals surface area contributed by atoms with Crippen LogP contribution in [0.3, 0.4) is 0 Å². The van der Waals surface area contributed by atoms with Crippen LogP contribution >= 0.6 is 0 Å². The van der Waals surface area contributed by atoms with Gasteiger partial charge in [-0.05, 0) is 81.8 Å². The second-order valence-electron chi connectivity index (χ2n) is 9.81.